The molecule has 0 radical (unpaired) electrons. The van der Waals surface area contributed by atoms with Gasteiger partial charge in [-0.2, -0.15) is 5.10 Å². The first kappa shape index (κ1) is 20.4. The van der Waals surface area contributed by atoms with Crippen molar-refractivity contribution in [1.29, 1.82) is 0 Å². The van der Waals surface area contributed by atoms with Crippen LogP contribution in [-0.2, 0) is 6.54 Å². The number of aryl methyl sites for hydroxylation is 1. The van der Waals surface area contributed by atoms with E-state index in [2.05, 4.69) is 16.5 Å². The van der Waals surface area contributed by atoms with Gasteiger partial charge in [0.2, 0.25) is 0 Å². The monoisotopic (exact) mass is 417 g/mol. The Labute approximate surface area is 179 Å². The fraction of sp³-hybridized carbons (Fsp3) is 0.208. The summed E-state index contributed by atoms with van der Waals surface area (Å²) in [4.78, 5) is 24.9. The number of benzene rings is 2. The van der Waals surface area contributed by atoms with Gasteiger partial charge in [0.15, 0.2) is 5.82 Å². The normalized spacial score (nSPS) is 11.1. The molecule has 2 heterocycles. The third kappa shape index (κ3) is 4.83. The number of amides is 1. The van der Waals surface area contributed by atoms with Crippen LogP contribution in [0.5, 0.6) is 5.75 Å². The summed E-state index contributed by atoms with van der Waals surface area (Å²) in [6.07, 6.45) is 1.77. The maximum absolute atomic E-state index is 12.9. The summed E-state index contributed by atoms with van der Waals surface area (Å²) >= 11 is 0. The molecule has 2 aromatic heterocycles. The zero-order valence-electron chi connectivity index (χ0n) is 17.6. The first-order chi connectivity index (χ1) is 14.9. The van der Waals surface area contributed by atoms with Crippen LogP contribution < -0.4 is 15.7 Å². The number of hydrogen-bond donors (Lipinski definition) is 1. The molecule has 0 saturated heterocycles. The smallest absolute Gasteiger partial charge is 0.337 e. The Balaban J connectivity index is 1.56. The first-order valence-corrected chi connectivity index (χ1v) is 10.0. The molecule has 1 N–H and O–H groups in total. The predicted molar refractivity (Wildman–Crippen MR) is 119 cm³/mol. The van der Waals surface area contributed by atoms with Gasteiger partial charge in [0.25, 0.3) is 5.91 Å². The highest BCUT2D eigenvalue weighted by molar-refractivity contribution is 6.11. The fourth-order valence-corrected chi connectivity index (χ4v) is 3.37. The van der Waals surface area contributed by atoms with Crippen molar-refractivity contribution in [2.75, 3.05) is 5.32 Å². The number of hydrogen-bond acceptors (Lipinski definition) is 5. The van der Waals surface area contributed by atoms with Gasteiger partial charge in [-0.25, -0.2) is 4.79 Å². The molecule has 31 heavy (non-hydrogen) atoms. The van der Waals surface area contributed by atoms with E-state index < -0.39 is 11.5 Å². The summed E-state index contributed by atoms with van der Waals surface area (Å²) < 4.78 is 12.7. The number of anilines is 1. The lowest BCUT2D eigenvalue weighted by molar-refractivity contribution is 0.102. The molecule has 2 aromatic carbocycles. The molecule has 4 rings (SSSR count). The predicted octanol–water partition coefficient (Wildman–Crippen LogP) is 4.39. The van der Waals surface area contributed by atoms with Crippen molar-refractivity contribution >= 4 is 22.7 Å². The molecule has 7 heteroatoms. The molecule has 0 aliphatic rings. The second-order valence-corrected chi connectivity index (χ2v) is 7.65. The van der Waals surface area contributed by atoms with E-state index in [0.29, 0.717) is 29.1 Å². The number of carbonyl (C=O) groups is 1. The molecule has 7 nitrogen and oxygen atoms in total. The van der Waals surface area contributed by atoms with Crippen LogP contribution in [-0.4, -0.2) is 21.8 Å². The average molecular weight is 417 g/mol. The highest BCUT2D eigenvalue weighted by atomic mass is 16.5. The van der Waals surface area contributed by atoms with E-state index in [4.69, 9.17) is 9.15 Å². The Bertz CT molecular complexity index is 1300. The highest BCUT2D eigenvalue weighted by Gasteiger charge is 2.15. The van der Waals surface area contributed by atoms with Crippen LogP contribution in [0.25, 0.3) is 11.0 Å². The third-order valence-electron chi connectivity index (χ3n) is 4.64. The van der Waals surface area contributed by atoms with Gasteiger partial charge >= 0.3 is 5.63 Å². The van der Waals surface area contributed by atoms with Crippen LogP contribution in [0, 0.1) is 6.92 Å². The van der Waals surface area contributed by atoms with Crippen LogP contribution in [0.3, 0.4) is 0 Å². The van der Waals surface area contributed by atoms with E-state index in [-0.39, 0.29) is 11.7 Å². The maximum atomic E-state index is 12.9. The number of ether oxygens (including phenoxy) is 1. The van der Waals surface area contributed by atoms with Crippen LogP contribution in [0.4, 0.5) is 5.82 Å². The summed E-state index contributed by atoms with van der Waals surface area (Å²) in [6, 6.07) is 16.1. The lowest BCUT2D eigenvalue weighted by atomic mass is 10.1. The Hall–Kier alpha value is -3.87. The lowest BCUT2D eigenvalue weighted by Crippen LogP contribution is -2.16. The number of nitrogens with zero attached hydrogens (tertiary/aromatic N) is 2. The lowest BCUT2D eigenvalue weighted by Gasteiger charge is -2.11. The summed E-state index contributed by atoms with van der Waals surface area (Å²) in [7, 11) is 0. The van der Waals surface area contributed by atoms with Gasteiger partial charge < -0.3 is 14.5 Å². The van der Waals surface area contributed by atoms with Gasteiger partial charge in [-0.05, 0) is 38.5 Å². The van der Waals surface area contributed by atoms with E-state index in [1.807, 2.05) is 39.0 Å². The molecular weight excluding hydrogens is 394 g/mol. The first-order valence-electron chi connectivity index (χ1n) is 10.0. The number of carbonyl (C=O) groups excluding carboxylic acids is 1. The van der Waals surface area contributed by atoms with E-state index in [1.165, 1.54) is 11.6 Å². The van der Waals surface area contributed by atoms with E-state index in [9.17, 15) is 9.59 Å². The molecule has 0 aliphatic carbocycles. The quantitative estimate of drug-likeness (QED) is 0.470. The molecule has 158 valence electrons. The van der Waals surface area contributed by atoms with Crippen molar-refractivity contribution in [2.45, 2.75) is 33.4 Å². The molecular formula is C24H23N3O4. The summed E-state index contributed by atoms with van der Waals surface area (Å²) in [5.74, 6) is 0.535. The number of rotatable bonds is 6. The Kier molecular flexibility index (Phi) is 5.58. The van der Waals surface area contributed by atoms with E-state index >= 15 is 0 Å². The number of fused-ring (bicyclic) bond motifs is 1. The van der Waals surface area contributed by atoms with Crippen LogP contribution in [0.2, 0.25) is 0 Å². The molecule has 0 spiro atoms. The largest absolute Gasteiger partial charge is 0.491 e. The molecule has 4 aromatic rings. The summed E-state index contributed by atoms with van der Waals surface area (Å²) in [5, 5.41) is 7.69. The van der Waals surface area contributed by atoms with Gasteiger partial charge in [0.05, 0.1) is 18.2 Å². The number of aromatic nitrogens is 2. The zero-order valence-corrected chi connectivity index (χ0v) is 17.6. The fourth-order valence-electron chi connectivity index (χ4n) is 3.37. The van der Waals surface area contributed by atoms with E-state index in [0.717, 1.165) is 5.56 Å². The number of nitrogens with one attached hydrogen (secondary N) is 1. The van der Waals surface area contributed by atoms with Crippen molar-refractivity contribution in [3.05, 3.63) is 87.9 Å². The third-order valence-corrected chi connectivity index (χ3v) is 4.64. The summed E-state index contributed by atoms with van der Waals surface area (Å²) in [6.45, 7) is 6.44. The Morgan fingerprint density at radius 2 is 2.00 bits per heavy atom. The summed E-state index contributed by atoms with van der Waals surface area (Å²) in [5.41, 5.74) is 2.20. The minimum absolute atomic E-state index is 0.0226. The van der Waals surface area contributed by atoms with Crippen molar-refractivity contribution in [3.63, 3.8) is 0 Å². The van der Waals surface area contributed by atoms with Gasteiger partial charge in [-0.3, -0.25) is 9.48 Å². The SMILES string of the molecule is Cc1cccc(Cn2ccc(NC(=O)c3cc(=O)oc4cc(OC(C)C)ccc34)n2)c1. The molecule has 0 saturated carbocycles. The minimum atomic E-state index is -0.607. The van der Waals surface area contributed by atoms with Crippen molar-refractivity contribution < 1.29 is 13.9 Å². The second kappa shape index (κ2) is 8.47. The zero-order chi connectivity index (χ0) is 22.0. The van der Waals surface area contributed by atoms with Crippen molar-refractivity contribution in [1.82, 2.24) is 9.78 Å². The van der Waals surface area contributed by atoms with Crippen molar-refractivity contribution in [3.8, 4) is 5.75 Å². The highest BCUT2D eigenvalue weighted by Crippen LogP contribution is 2.24. The molecule has 0 unspecified atom stereocenters. The van der Waals surface area contributed by atoms with Gasteiger partial charge in [-0.1, -0.05) is 29.8 Å². The molecule has 0 aliphatic heterocycles. The minimum Gasteiger partial charge on any atom is -0.491 e. The second-order valence-electron chi connectivity index (χ2n) is 7.65. The average Bonchev–Trinajstić information content (AvgIpc) is 3.13. The Morgan fingerprint density at radius 1 is 1.16 bits per heavy atom. The molecule has 1 amide bonds. The molecule has 0 bridgehead atoms. The van der Waals surface area contributed by atoms with E-state index in [1.54, 1.807) is 35.1 Å². The molecule has 0 fully saturated rings. The van der Waals surface area contributed by atoms with Gasteiger partial charge in [0.1, 0.15) is 11.3 Å². The molecule has 0 atom stereocenters. The topological polar surface area (TPSA) is 86.4 Å². The van der Waals surface area contributed by atoms with Crippen LogP contribution >= 0.6 is 0 Å². The standard InChI is InChI=1S/C24H23N3O4/c1-15(2)30-18-7-8-19-20(13-23(28)31-21(19)12-18)24(29)25-22-9-10-27(26-22)14-17-6-4-5-16(3)11-17/h4-13,15H,14H2,1-3H3,(H,25,26,29). The van der Waals surface area contributed by atoms with Gasteiger partial charge in [-0.15, -0.1) is 0 Å². The van der Waals surface area contributed by atoms with Gasteiger partial charge in [0, 0.05) is 29.8 Å². The van der Waals surface area contributed by atoms with Crippen LogP contribution in [0.1, 0.15) is 35.3 Å². The maximum Gasteiger partial charge on any atom is 0.337 e. The Morgan fingerprint density at radius 3 is 2.77 bits per heavy atom. The van der Waals surface area contributed by atoms with Crippen molar-refractivity contribution in [2.24, 2.45) is 0 Å². The van der Waals surface area contributed by atoms with Crippen LogP contribution in [0.15, 0.2) is 70.0 Å².